The first-order valence-corrected chi connectivity index (χ1v) is 3.48. The van der Waals surface area contributed by atoms with Gasteiger partial charge in [-0.2, -0.15) is 0 Å². The van der Waals surface area contributed by atoms with Crippen LogP contribution in [-0.2, 0) is 9.59 Å². The molecule has 5 heteroatoms. The van der Waals surface area contributed by atoms with E-state index in [0.29, 0.717) is 12.8 Å². The summed E-state index contributed by atoms with van der Waals surface area (Å²) in [5.74, 6) is -2.17. The fraction of sp³-hybridized carbons (Fsp3) is 0.714. The zero-order valence-electron chi connectivity index (χ0n) is 8.41. The van der Waals surface area contributed by atoms with E-state index >= 15 is 0 Å². The summed E-state index contributed by atoms with van der Waals surface area (Å²) < 4.78 is 0. The second kappa shape index (κ2) is 8.19. The Morgan fingerprint density at radius 1 is 1.42 bits per heavy atom. The molecule has 0 saturated heterocycles. The predicted molar refractivity (Wildman–Crippen MR) is 39.4 cm³/mol. The van der Waals surface area contributed by atoms with Crippen molar-refractivity contribution < 1.29 is 72.6 Å². The van der Waals surface area contributed by atoms with Crippen LogP contribution in [0.25, 0.3) is 0 Å². The van der Waals surface area contributed by atoms with E-state index < -0.39 is 17.9 Å². The van der Waals surface area contributed by atoms with Gasteiger partial charge in [0, 0.05) is 6.42 Å². The van der Waals surface area contributed by atoms with Crippen LogP contribution in [0.5, 0.6) is 0 Å². The molecule has 0 aromatic rings. The number of carboxylic acid groups (broad SMARTS) is 2. The SMILES string of the molecule is CC(CCCC(=O)O)C(=O)O.[H-].[K+]. The van der Waals surface area contributed by atoms with Crippen molar-refractivity contribution in [2.75, 3.05) is 0 Å². The Balaban J connectivity index is -0.000000500. The number of aliphatic carboxylic acids is 2. The van der Waals surface area contributed by atoms with Crippen molar-refractivity contribution in [1.29, 1.82) is 0 Å². The molecule has 0 aliphatic rings. The molecule has 0 aliphatic carbocycles. The molecule has 4 nitrogen and oxygen atoms in total. The Morgan fingerprint density at radius 3 is 2.25 bits per heavy atom. The van der Waals surface area contributed by atoms with E-state index in [1.165, 1.54) is 0 Å². The monoisotopic (exact) mass is 200 g/mol. The van der Waals surface area contributed by atoms with Gasteiger partial charge in [0.15, 0.2) is 0 Å². The van der Waals surface area contributed by atoms with Crippen LogP contribution >= 0.6 is 0 Å². The predicted octanol–water partition coefficient (Wildman–Crippen LogP) is -1.92. The van der Waals surface area contributed by atoms with Gasteiger partial charge in [0.1, 0.15) is 0 Å². The van der Waals surface area contributed by atoms with Crippen molar-refractivity contribution >= 4 is 11.9 Å². The maximum Gasteiger partial charge on any atom is 1.00 e. The van der Waals surface area contributed by atoms with Crippen molar-refractivity contribution in [3.05, 3.63) is 0 Å². The van der Waals surface area contributed by atoms with Gasteiger partial charge in [0.25, 0.3) is 0 Å². The molecular weight excluding hydrogens is 187 g/mol. The maximum absolute atomic E-state index is 10.2. The van der Waals surface area contributed by atoms with E-state index in [1.54, 1.807) is 6.92 Å². The molecule has 0 heterocycles. The quantitative estimate of drug-likeness (QED) is 0.507. The molecule has 0 aromatic carbocycles. The van der Waals surface area contributed by atoms with Gasteiger partial charge in [-0.3, -0.25) is 9.59 Å². The van der Waals surface area contributed by atoms with Gasteiger partial charge in [-0.15, -0.1) is 0 Å². The normalized spacial score (nSPS) is 11.4. The molecule has 0 bridgehead atoms. The average molecular weight is 200 g/mol. The van der Waals surface area contributed by atoms with Crippen LogP contribution < -0.4 is 51.4 Å². The van der Waals surface area contributed by atoms with Crippen molar-refractivity contribution in [2.45, 2.75) is 26.2 Å². The molecule has 0 rings (SSSR count). The molecule has 1 unspecified atom stereocenters. The first-order chi connectivity index (χ1) is 5.04. The van der Waals surface area contributed by atoms with Crippen LogP contribution in [0.1, 0.15) is 27.6 Å². The van der Waals surface area contributed by atoms with E-state index in [1.807, 2.05) is 0 Å². The van der Waals surface area contributed by atoms with Gasteiger partial charge < -0.3 is 11.6 Å². The minimum atomic E-state index is -0.873. The van der Waals surface area contributed by atoms with E-state index in [0.717, 1.165) is 0 Å². The zero-order chi connectivity index (χ0) is 8.85. The summed E-state index contributed by atoms with van der Waals surface area (Å²) in [6.07, 6.45) is 0.919. The molecule has 0 aliphatic heterocycles. The summed E-state index contributed by atoms with van der Waals surface area (Å²) in [7, 11) is 0. The number of carboxylic acids is 2. The van der Waals surface area contributed by atoms with Gasteiger partial charge in [-0.1, -0.05) is 6.92 Å². The van der Waals surface area contributed by atoms with Crippen LogP contribution in [-0.4, -0.2) is 22.2 Å². The first kappa shape index (κ1) is 15.1. The number of hydrogen-bond acceptors (Lipinski definition) is 2. The minimum absolute atomic E-state index is 0. The van der Waals surface area contributed by atoms with Crippen molar-refractivity contribution in [1.82, 2.24) is 0 Å². The summed E-state index contributed by atoms with van der Waals surface area (Å²) in [5.41, 5.74) is 0. The number of carbonyl (C=O) groups is 2. The zero-order valence-corrected chi connectivity index (χ0v) is 10.5. The molecule has 0 fully saturated rings. The summed E-state index contributed by atoms with van der Waals surface area (Å²) in [6, 6.07) is 0. The second-order valence-electron chi connectivity index (χ2n) is 2.53. The minimum Gasteiger partial charge on any atom is -1.00 e. The van der Waals surface area contributed by atoms with Gasteiger partial charge in [-0.25, -0.2) is 0 Å². The van der Waals surface area contributed by atoms with Crippen LogP contribution in [0, 0.1) is 5.92 Å². The largest absolute Gasteiger partial charge is 1.00 e. The topological polar surface area (TPSA) is 74.6 Å². The third-order valence-electron chi connectivity index (χ3n) is 1.45. The Bertz CT molecular complexity index is 163. The fourth-order valence-electron chi connectivity index (χ4n) is 0.683. The fourth-order valence-corrected chi connectivity index (χ4v) is 0.683. The van der Waals surface area contributed by atoms with Crippen molar-refractivity contribution in [3.8, 4) is 0 Å². The average Bonchev–Trinajstić information content (AvgIpc) is 1.86. The Labute approximate surface area is 115 Å². The molecule has 1 atom stereocenters. The van der Waals surface area contributed by atoms with E-state index in [4.69, 9.17) is 10.2 Å². The molecule has 66 valence electrons. The third kappa shape index (κ3) is 8.67. The van der Waals surface area contributed by atoms with E-state index in [-0.39, 0.29) is 59.2 Å². The number of rotatable bonds is 5. The Morgan fingerprint density at radius 2 is 1.92 bits per heavy atom. The van der Waals surface area contributed by atoms with E-state index in [2.05, 4.69) is 0 Å². The Hall–Kier alpha value is 0.576. The smallest absolute Gasteiger partial charge is 1.00 e. The van der Waals surface area contributed by atoms with Crippen LogP contribution in [0.4, 0.5) is 0 Å². The van der Waals surface area contributed by atoms with Crippen LogP contribution in [0.3, 0.4) is 0 Å². The molecule has 0 saturated carbocycles. The summed E-state index contributed by atoms with van der Waals surface area (Å²) in [4.78, 5) is 20.2. The third-order valence-corrected chi connectivity index (χ3v) is 1.45. The molecule has 0 aromatic heterocycles. The summed E-state index contributed by atoms with van der Waals surface area (Å²) >= 11 is 0. The number of hydrogen-bond donors (Lipinski definition) is 2. The van der Waals surface area contributed by atoms with E-state index in [9.17, 15) is 9.59 Å². The molecular formula is C7H13KO4. The molecule has 12 heavy (non-hydrogen) atoms. The maximum atomic E-state index is 10.2. The second-order valence-corrected chi connectivity index (χ2v) is 2.53. The van der Waals surface area contributed by atoms with Gasteiger partial charge >= 0.3 is 63.3 Å². The van der Waals surface area contributed by atoms with Gasteiger partial charge in [-0.05, 0) is 12.8 Å². The molecule has 0 radical (unpaired) electrons. The summed E-state index contributed by atoms with van der Waals surface area (Å²) in [6.45, 7) is 1.57. The molecule has 0 spiro atoms. The molecule has 0 amide bonds. The van der Waals surface area contributed by atoms with Crippen molar-refractivity contribution in [3.63, 3.8) is 0 Å². The Kier molecular flexibility index (Phi) is 10.3. The summed E-state index contributed by atoms with van der Waals surface area (Å²) in [5, 5.41) is 16.6. The standard InChI is InChI=1S/C7H12O4.K.H/c1-5(7(10)11)3-2-4-6(8)9;;/h5H,2-4H2,1H3,(H,8,9)(H,10,11);;/q;+1;-1. The van der Waals surface area contributed by atoms with Crippen LogP contribution in [0.2, 0.25) is 0 Å². The van der Waals surface area contributed by atoms with Gasteiger partial charge in [0.05, 0.1) is 5.92 Å². The van der Waals surface area contributed by atoms with Crippen LogP contribution in [0.15, 0.2) is 0 Å². The van der Waals surface area contributed by atoms with Gasteiger partial charge in [0.2, 0.25) is 0 Å². The molecule has 2 N–H and O–H groups in total. The van der Waals surface area contributed by atoms with Crippen molar-refractivity contribution in [2.24, 2.45) is 5.92 Å². The first-order valence-electron chi connectivity index (χ1n) is 3.48.